The van der Waals surface area contributed by atoms with E-state index < -0.39 is 0 Å². The first-order valence-corrected chi connectivity index (χ1v) is 7.89. The summed E-state index contributed by atoms with van der Waals surface area (Å²) in [6, 6.07) is 11.9. The zero-order valence-corrected chi connectivity index (χ0v) is 14.1. The highest BCUT2D eigenvalue weighted by Gasteiger charge is 2.27. The van der Waals surface area contributed by atoms with Crippen molar-refractivity contribution in [1.82, 2.24) is 4.90 Å². The monoisotopic (exact) mass is 334 g/mol. The van der Waals surface area contributed by atoms with Crippen molar-refractivity contribution in [3.8, 4) is 11.3 Å². The average molecular weight is 335 g/mol. The molecule has 1 unspecified atom stereocenters. The Kier molecular flexibility index (Phi) is 5.85. The van der Waals surface area contributed by atoms with E-state index in [1.54, 1.807) is 6.07 Å². The van der Waals surface area contributed by atoms with Crippen LogP contribution < -0.4 is 5.73 Å². The molecule has 1 aromatic heterocycles. The molecule has 1 aromatic carbocycles. The summed E-state index contributed by atoms with van der Waals surface area (Å²) in [5.74, 6) is 1.53. The summed E-state index contributed by atoms with van der Waals surface area (Å²) in [6.45, 7) is 4.26. The maximum absolute atomic E-state index is 12.4. The van der Waals surface area contributed by atoms with Gasteiger partial charge in [0.1, 0.15) is 5.76 Å². The molecule has 5 heteroatoms. The van der Waals surface area contributed by atoms with Gasteiger partial charge in [0, 0.05) is 18.7 Å². The molecule has 1 fully saturated rings. The minimum absolute atomic E-state index is 0. The number of hydrogen-bond donors (Lipinski definition) is 1. The second-order valence-corrected chi connectivity index (χ2v) is 5.86. The number of hydrogen-bond acceptors (Lipinski definition) is 3. The third-order valence-electron chi connectivity index (χ3n) is 4.37. The van der Waals surface area contributed by atoms with Crippen LogP contribution in [0.2, 0.25) is 0 Å². The van der Waals surface area contributed by atoms with Gasteiger partial charge in [-0.2, -0.15) is 0 Å². The molecule has 2 heterocycles. The molecule has 2 aromatic rings. The summed E-state index contributed by atoms with van der Waals surface area (Å²) in [4.78, 5) is 14.3. The summed E-state index contributed by atoms with van der Waals surface area (Å²) in [5.41, 5.74) is 7.96. The lowest BCUT2D eigenvalue weighted by molar-refractivity contribution is 0.0757. The van der Waals surface area contributed by atoms with Crippen LogP contribution in [0, 0.1) is 5.92 Å². The third-order valence-corrected chi connectivity index (χ3v) is 4.37. The van der Waals surface area contributed by atoms with Crippen LogP contribution in [-0.4, -0.2) is 30.4 Å². The Morgan fingerprint density at radius 3 is 2.61 bits per heavy atom. The van der Waals surface area contributed by atoms with Crippen LogP contribution in [0.15, 0.2) is 40.8 Å². The first-order chi connectivity index (χ1) is 10.7. The van der Waals surface area contributed by atoms with Crippen LogP contribution in [0.4, 0.5) is 0 Å². The number of amides is 1. The van der Waals surface area contributed by atoms with Crippen molar-refractivity contribution in [1.29, 1.82) is 0 Å². The van der Waals surface area contributed by atoms with Crippen molar-refractivity contribution in [2.75, 3.05) is 19.6 Å². The van der Waals surface area contributed by atoms with Crippen molar-refractivity contribution in [3.63, 3.8) is 0 Å². The molecule has 1 amide bonds. The standard InChI is InChI=1S/C18H22N2O2.ClH/c1-2-13-3-5-15(6-4-13)16-7-8-17(22-16)18(21)20-10-9-14(11-19)12-20;/h3-8,14H,2,9-12,19H2,1H3;1H. The Bertz CT molecular complexity index is 651. The number of benzene rings is 1. The molecule has 1 atom stereocenters. The molecule has 124 valence electrons. The van der Waals surface area contributed by atoms with E-state index in [1.807, 2.05) is 23.1 Å². The quantitative estimate of drug-likeness (QED) is 0.932. The number of likely N-dealkylation sites (tertiary alicyclic amines) is 1. The predicted molar refractivity (Wildman–Crippen MR) is 93.8 cm³/mol. The molecular formula is C18H23ClN2O2. The van der Waals surface area contributed by atoms with Crippen molar-refractivity contribution < 1.29 is 9.21 Å². The Morgan fingerprint density at radius 1 is 1.26 bits per heavy atom. The molecular weight excluding hydrogens is 312 g/mol. The number of furan rings is 1. The highest BCUT2D eigenvalue weighted by Crippen LogP contribution is 2.25. The molecule has 1 saturated heterocycles. The van der Waals surface area contributed by atoms with Gasteiger partial charge in [-0.05, 0) is 43.0 Å². The largest absolute Gasteiger partial charge is 0.451 e. The summed E-state index contributed by atoms with van der Waals surface area (Å²) < 4.78 is 5.76. The van der Waals surface area contributed by atoms with E-state index in [0.29, 0.717) is 18.2 Å². The van der Waals surface area contributed by atoms with Crippen LogP contribution in [0.25, 0.3) is 11.3 Å². The van der Waals surface area contributed by atoms with E-state index in [9.17, 15) is 4.79 Å². The van der Waals surface area contributed by atoms with Gasteiger partial charge in [-0.15, -0.1) is 12.4 Å². The second-order valence-electron chi connectivity index (χ2n) is 5.86. The highest BCUT2D eigenvalue weighted by atomic mass is 35.5. The lowest BCUT2D eigenvalue weighted by Gasteiger charge is -2.14. The molecule has 2 N–H and O–H groups in total. The van der Waals surface area contributed by atoms with E-state index in [4.69, 9.17) is 10.2 Å². The van der Waals surface area contributed by atoms with E-state index in [1.165, 1.54) is 5.56 Å². The Balaban J connectivity index is 0.00000192. The maximum Gasteiger partial charge on any atom is 0.289 e. The second kappa shape index (κ2) is 7.66. The van der Waals surface area contributed by atoms with Crippen molar-refractivity contribution >= 4 is 18.3 Å². The number of carbonyl (C=O) groups is 1. The van der Waals surface area contributed by atoms with E-state index in [-0.39, 0.29) is 18.3 Å². The van der Waals surface area contributed by atoms with Crippen LogP contribution >= 0.6 is 12.4 Å². The van der Waals surface area contributed by atoms with Gasteiger partial charge in [-0.1, -0.05) is 31.2 Å². The zero-order chi connectivity index (χ0) is 15.5. The van der Waals surface area contributed by atoms with E-state index in [0.717, 1.165) is 37.3 Å². The van der Waals surface area contributed by atoms with E-state index in [2.05, 4.69) is 19.1 Å². The minimum Gasteiger partial charge on any atom is -0.451 e. The first-order valence-electron chi connectivity index (χ1n) is 7.89. The van der Waals surface area contributed by atoms with Gasteiger partial charge >= 0.3 is 0 Å². The molecule has 0 bridgehead atoms. The molecule has 0 saturated carbocycles. The van der Waals surface area contributed by atoms with Crippen LogP contribution in [0.5, 0.6) is 0 Å². The third kappa shape index (κ3) is 3.77. The molecule has 23 heavy (non-hydrogen) atoms. The minimum atomic E-state index is -0.0348. The number of nitrogens with zero attached hydrogens (tertiary/aromatic N) is 1. The average Bonchev–Trinajstić information content (AvgIpc) is 3.23. The molecule has 3 rings (SSSR count). The lowest BCUT2D eigenvalue weighted by atomic mass is 10.1. The number of nitrogens with two attached hydrogens (primary N) is 1. The molecule has 4 nitrogen and oxygen atoms in total. The Morgan fingerprint density at radius 2 is 2.00 bits per heavy atom. The first kappa shape index (κ1) is 17.6. The number of rotatable bonds is 4. The molecule has 0 spiro atoms. The van der Waals surface area contributed by atoms with Gasteiger partial charge in [0.2, 0.25) is 0 Å². The fraction of sp³-hybridized carbons (Fsp3) is 0.389. The smallest absolute Gasteiger partial charge is 0.289 e. The molecule has 1 aliphatic rings. The zero-order valence-electron chi connectivity index (χ0n) is 13.3. The molecule has 1 aliphatic heterocycles. The maximum atomic E-state index is 12.4. The predicted octanol–water partition coefficient (Wildman–Crippen LogP) is 3.35. The van der Waals surface area contributed by atoms with Crippen molar-refractivity contribution in [2.24, 2.45) is 11.7 Å². The number of aryl methyl sites for hydroxylation is 1. The normalized spacial score (nSPS) is 17.1. The number of carbonyl (C=O) groups excluding carboxylic acids is 1. The Labute approximate surface area is 143 Å². The Hall–Kier alpha value is -1.78. The fourth-order valence-electron chi connectivity index (χ4n) is 2.88. The molecule has 0 radical (unpaired) electrons. The van der Waals surface area contributed by atoms with Gasteiger partial charge in [0.15, 0.2) is 5.76 Å². The van der Waals surface area contributed by atoms with Gasteiger partial charge < -0.3 is 15.1 Å². The summed E-state index contributed by atoms with van der Waals surface area (Å²) in [7, 11) is 0. The van der Waals surface area contributed by atoms with Gasteiger partial charge in [0.05, 0.1) is 0 Å². The van der Waals surface area contributed by atoms with Crippen molar-refractivity contribution in [3.05, 3.63) is 47.7 Å². The van der Waals surface area contributed by atoms with Crippen LogP contribution in [0.1, 0.15) is 29.5 Å². The van der Waals surface area contributed by atoms with Crippen LogP contribution in [-0.2, 0) is 6.42 Å². The lowest BCUT2D eigenvalue weighted by Crippen LogP contribution is -2.29. The number of halogens is 1. The highest BCUT2D eigenvalue weighted by molar-refractivity contribution is 5.92. The SMILES string of the molecule is CCc1ccc(-c2ccc(C(=O)N3CCC(CN)C3)o2)cc1.Cl. The fourth-order valence-corrected chi connectivity index (χ4v) is 2.88. The van der Waals surface area contributed by atoms with E-state index >= 15 is 0 Å². The van der Waals surface area contributed by atoms with Gasteiger partial charge in [0.25, 0.3) is 5.91 Å². The van der Waals surface area contributed by atoms with Gasteiger partial charge in [-0.25, -0.2) is 0 Å². The molecule has 0 aliphatic carbocycles. The summed E-state index contributed by atoms with van der Waals surface area (Å²) in [5, 5.41) is 0. The van der Waals surface area contributed by atoms with Gasteiger partial charge in [-0.3, -0.25) is 4.79 Å². The summed E-state index contributed by atoms with van der Waals surface area (Å²) >= 11 is 0. The topological polar surface area (TPSA) is 59.5 Å². The van der Waals surface area contributed by atoms with Crippen molar-refractivity contribution in [2.45, 2.75) is 19.8 Å². The summed E-state index contributed by atoms with van der Waals surface area (Å²) in [6.07, 6.45) is 1.99. The van der Waals surface area contributed by atoms with Crippen LogP contribution in [0.3, 0.4) is 0 Å².